The topological polar surface area (TPSA) is 96.9 Å². The maximum Gasteiger partial charge on any atom is 0.315 e. The molecule has 0 rings (SSSR count). The first kappa shape index (κ1) is 17.7. The fourth-order valence-electron chi connectivity index (χ4n) is 1.31. The Balaban J connectivity index is 3.69. The van der Waals surface area contributed by atoms with Crippen molar-refractivity contribution in [2.45, 2.75) is 32.2 Å². The first-order valence-electron chi connectivity index (χ1n) is 6.22. The Labute approximate surface area is 113 Å². The van der Waals surface area contributed by atoms with Crippen LogP contribution in [0.2, 0.25) is 0 Å². The Morgan fingerprint density at radius 3 is 2.47 bits per heavy atom. The Morgan fingerprint density at radius 2 is 1.89 bits per heavy atom. The van der Waals surface area contributed by atoms with Crippen molar-refractivity contribution in [3.05, 3.63) is 0 Å². The van der Waals surface area contributed by atoms with E-state index >= 15 is 0 Å². The van der Waals surface area contributed by atoms with Gasteiger partial charge < -0.3 is 25.2 Å². The highest BCUT2D eigenvalue weighted by atomic mass is 16.5. The Hall–Kier alpha value is -1.34. The number of carboxylic acids is 1. The molecular formula is C12H24N2O5. The second-order valence-electron chi connectivity index (χ2n) is 4.76. The van der Waals surface area contributed by atoms with Crippen LogP contribution in [0.3, 0.4) is 0 Å². The molecule has 7 heteroatoms. The zero-order chi connectivity index (χ0) is 14.7. The zero-order valence-corrected chi connectivity index (χ0v) is 11.8. The van der Waals surface area contributed by atoms with Crippen LogP contribution in [-0.4, -0.2) is 56.1 Å². The molecule has 2 amide bonds. The molecule has 112 valence electrons. The number of amides is 2. The van der Waals surface area contributed by atoms with Crippen LogP contribution in [0.15, 0.2) is 0 Å². The van der Waals surface area contributed by atoms with Gasteiger partial charge in [-0.1, -0.05) is 0 Å². The van der Waals surface area contributed by atoms with Gasteiger partial charge in [0.05, 0.1) is 19.8 Å². The quantitative estimate of drug-likeness (QED) is 0.507. The van der Waals surface area contributed by atoms with Crippen LogP contribution in [0, 0.1) is 0 Å². The summed E-state index contributed by atoms with van der Waals surface area (Å²) < 4.78 is 10.00. The van der Waals surface area contributed by atoms with E-state index in [1.807, 2.05) is 0 Å². The molecule has 0 unspecified atom stereocenters. The minimum absolute atomic E-state index is 0.0212. The number of carbonyl (C=O) groups excluding carboxylic acids is 1. The van der Waals surface area contributed by atoms with Crippen LogP contribution < -0.4 is 10.6 Å². The minimum atomic E-state index is -0.873. The van der Waals surface area contributed by atoms with E-state index < -0.39 is 11.5 Å². The molecule has 0 saturated carbocycles. The lowest BCUT2D eigenvalue weighted by molar-refractivity contribution is -0.137. The predicted octanol–water partition coefficient (Wildman–Crippen LogP) is 0.592. The van der Waals surface area contributed by atoms with Crippen LogP contribution in [0.1, 0.15) is 26.7 Å². The van der Waals surface area contributed by atoms with Crippen LogP contribution >= 0.6 is 0 Å². The Morgan fingerprint density at radius 1 is 1.21 bits per heavy atom. The molecule has 0 aliphatic carbocycles. The molecule has 0 aromatic rings. The van der Waals surface area contributed by atoms with Gasteiger partial charge in [-0.25, -0.2) is 4.79 Å². The van der Waals surface area contributed by atoms with Crippen LogP contribution in [0.4, 0.5) is 4.79 Å². The third kappa shape index (κ3) is 11.5. The number of rotatable bonds is 10. The van der Waals surface area contributed by atoms with E-state index in [4.69, 9.17) is 14.6 Å². The van der Waals surface area contributed by atoms with Crippen LogP contribution in [0.5, 0.6) is 0 Å². The molecule has 0 aromatic carbocycles. The number of nitrogens with one attached hydrogen (secondary N) is 2. The number of urea groups is 1. The molecule has 3 N–H and O–H groups in total. The molecule has 0 aliphatic heterocycles. The number of hydrogen-bond acceptors (Lipinski definition) is 4. The summed E-state index contributed by atoms with van der Waals surface area (Å²) >= 11 is 0. The van der Waals surface area contributed by atoms with E-state index in [0.717, 1.165) is 0 Å². The number of ether oxygens (including phenoxy) is 2. The summed E-state index contributed by atoms with van der Waals surface area (Å²) in [6.07, 6.45) is 0.396. The third-order valence-electron chi connectivity index (χ3n) is 2.38. The van der Waals surface area contributed by atoms with Crippen molar-refractivity contribution in [1.82, 2.24) is 10.6 Å². The number of hydrogen-bond donors (Lipinski definition) is 3. The number of methoxy groups -OCH3 is 1. The van der Waals surface area contributed by atoms with E-state index in [1.54, 1.807) is 21.0 Å². The van der Waals surface area contributed by atoms with Crippen molar-refractivity contribution in [3.8, 4) is 0 Å². The lowest BCUT2D eigenvalue weighted by Crippen LogP contribution is -2.49. The van der Waals surface area contributed by atoms with E-state index in [2.05, 4.69) is 10.6 Å². The van der Waals surface area contributed by atoms with Crippen molar-refractivity contribution in [3.63, 3.8) is 0 Å². The molecule has 0 heterocycles. The van der Waals surface area contributed by atoms with E-state index in [-0.39, 0.29) is 12.5 Å². The third-order valence-corrected chi connectivity index (χ3v) is 2.38. The summed E-state index contributed by atoms with van der Waals surface area (Å²) in [7, 11) is 1.59. The second-order valence-corrected chi connectivity index (χ2v) is 4.76. The molecule has 0 radical (unpaired) electrons. The van der Waals surface area contributed by atoms with Crippen molar-refractivity contribution >= 4 is 12.0 Å². The van der Waals surface area contributed by atoms with Crippen LogP contribution in [-0.2, 0) is 14.3 Å². The normalized spacial score (nSPS) is 11.1. The molecule has 0 fully saturated rings. The summed E-state index contributed by atoms with van der Waals surface area (Å²) in [6, 6.07) is -0.328. The maximum atomic E-state index is 11.5. The van der Waals surface area contributed by atoms with Gasteiger partial charge in [0.2, 0.25) is 0 Å². The first-order valence-corrected chi connectivity index (χ1v) is 6.22. The van der Waals surface area contributed by atoms with Gasteiger partial charge in [-0.2, -0.15) is 0 Å². The average molecular weight is 276 g/mol. The highest BCUT2D eigenvalue weighted by Crippen LogP contribution is 2.10. The highest BCUT2D eigenvalue weighted by Gasteiger charge is 2.21. The van der Waals surface area contributed by atoms with E-state index in [1.165, 1.54) is 0 Å². The smallest absolute Gasteiger partial charge is 0.315 e. The van der Waals surface area contributed by atoms with Gasteiger partial charge in [0.25, 0.3) is 0 Å². The van der Waals surface area contributed by atoms with Crippen LogP contribution in [0.25, 0.3) is 0 Å². The Kier molecular flexibility index (Phi) is 8.90. The molecule has 0 atom stereocenters. The Bertz CT molecular complexity index is 281. The molecule has 19 heavy (non-hydrogen) atoms. The van der Waals surface area contributed by atoms with Crippen molar-refractivity contribution in [2.75, 3.05) is 33.5 Å². The summed E-state index contributed by atoms with van der Waals surface area (Å²) in [5.41, 5.74) is -0.556. The van der Waals surface area contributed by atoms with Gasteiger partial charge in [-0.3, -0.25) is 4.79 Å². The molecular weight excluding hydrogens is 252 g/mol. The fourth-order valence-corrected chi connectivity index (χ4v) is 1.31. The van der Waals surface area contributed by atoms with Crippen molar-refractivity contribution in [1.29, 1.82) is 0 Å². The summed E-state index contributed by atoms with van der Waals surface area (Å²) in [6.45, 7) is 5.38. The van der Waals surface area contributed by atoms with Gasteiger partial charge in [0.1, 0.15) is 0 Å². The second kappa shape index (κ2) is 9.57. The van der Waals surface area contributed by atoms with Gasteiger partial charge in [0, 0.05) is 25.6 Å². The molecule has 7 nitrogen and oxygen atoms in total. The fraction of sp³-hybridized carbons (Fsp3) is 0.833. The molecule has 0 saturated heterocycles. The van der Waals surface area contributed by atoms with Crippen molar-refractivity contribution < 1.29 is 24.2 Å². The van der Waals surface area contributed by atoms with Gasteiger partial charge in [-0.15, -0.1) is 0 Å². The van der Waals surface area contributed by atoms with Gasteiger partial charge >= 0.3 is 12.0 Å². The number of carbonyl (C=O) groups is 2. The minimum Gasteiger partial charge on any atom is -0.481 e. The molecule has 0 bridgehead atoms. The van der Waals surface area contributed by atoms with E-state index in [0.29, 0.717) is 32.8 Å². The maximum absolute atomic E-state index is 11.5. The average Bonchev–Trinajstić information content (AvgIpc) is 2.31. The van der Waals surface area contributed by atoms with E-state index in [9.17, 15) is 9.59 Å². The lowest BCUT2D eigenvalue weighted by Gasteiger charge is -2.25. The van der Waals surface area contributed by atoms with Crippen molar-refractivity contribution in [2.24, 2.45) is 0 Å². The van der Waals surface area contributed by atoms with Gasteiger partial charge in [0.15, 0.2) is 0 Å². The lowest BCUT2D eigenvalue weighted by atomic mass is 9.99. The zero-order valence-electron chi connectivity index (χ0n) is 11.8. The summed E-state index contributed by atoms with van der Waals surface area (Å²) in [5, 5.41) is 14.0. The number of aliphatic carboxylic acids is 1. The van der Waals surface area contributed by atoms with Gasteiger partial charge in [-0.05, 0) is 20.3 Å². The molecule has 0 aromatic heterocycles. The number of carboxylic acid groups (broad SMARTS) is 1. The highest BCUT2D eigenvalue weighted by molar-refractivity contribution is 5.74. The molecule has 0 spiro atoms. The first-order chi connectivity index (χ1) is 8.87. The molecule has 0 aliphatic rings. The summed E-state index contributed by atoms with van der Waals surface area (Å²) in [4.78, 5) is 22.0. The SMILES string of the molecule is COCCOCCNC(=O)NC(C)(C)CCC(=O)O. The largest absolute Gasteiger partial charge is 0.481 e. The standard InChI is InChI=1S/C12H24N2O5/c1-12(2,5-4-10(15)16)14-11(17)13-6-7-19-9-8-18-3/h4-9H2,1-3H3,(H,15,16)(H2,13,14,17). The monoisotopic (exact) mass is 276 g/mol. The predicted molar refractivity (Wildman–Crippen MR) is 70.2 cm³/mol. The summed E-state index contributed by atoms with van der Waals surface area (Å²) in [5.74, 6) is -0.873.